The molecule has 1 aliphatic heterocycles. The predicted molar refractivity (Wildman–Crippen MR) is 152 cm³/mol. The average molecular weight is 656 g/mol. The fourth-order valence-electron chi connectivity index (χ4n) is 5.23. The summed E-state index contributed by atoms with van der Waals surface area (Å²) >= 11 is 0. The summed E-state index contributed by atoms with van der Waals surface area (Å²) in [6.45, 7) is 2.67. The summed E-state index contributed by atoms with van der Waals surface area (Å²) in [7, 11) is 2.40. The number of ether oxygens (including phenoxy) is 4. The van der Waals surface area contributed by atoms with Crippen molar-refractivity contribution in [3.8, 4) is 11.5 Å². The highest BCUT2D eigenvalue weighted by Crippen LogP contribution is 2.47. The molecule has 0 unspecified atom stereocenters. The van der Waals surface area contributed by atoms with Crippen molar-refractivity contribution in [3.63, 3.8) is 0 Å². The smallest absolute Gasteiger partial charge is 0.416 e. The molecule has 0 fully saturated rings. The van der Waals surface area contributed by atoms with Crippen molar-refractivity contribution in [3.05, 3.63) is 82.7 Å². The molecule has 0 radical (unpaired) electrons. The number of methoxy groups -OCH3 is 2. The molecule has 4 rings (SSSR count). The van der Waals surface area contributed by atoms with Crippen LogP contribution in [0.5, 0.6) is 11.5 Å². The van der Waals surface area contributed by atoms with Crippen molar-refractivity contribution >= 4 is 17.9 Å². The van der Waals surface area contributed by atoms with E-state index in [1.54, 1.807) is 38.2 Å². The van der Waals surface area contributed by atoms with E-state index in [-0.39, 0.29) is 42.9 Å². The van der Waals surface area contributed by atoms with E-state index in [1.165, 1.54) is 24.1 Å². The number of pyridine rings is 1. The van der Waals surface area contributed by atoms with E-state index < -0.39 is 59.9 Å². The molecule has 9 nitrogen and oxygen atoms in total. The largest absolute Gasteiger partial charge is 0.493 e. The van der Waals surface area contributed by atoms with E-state index in [4.69, 9.17) is 18.9 Å². The van der Waals surface area contributed by atoms with Crippen LogP contribution in [0.1, 0.15) is 54.3 Å². The molecule has 0 saturated carbocycles. The van der Waals surface area contributed by atoms with Crippen LogP contribution in [-0.4, -0.2) is 48.9 Å². The monoisotopic (exact) mass is 655 g/mol. The van der Waals surface area contributed by atoms with E-state index in [9.17, 15) is 35.9 Å². The number of hydrogen-bond acceptors (Lipinski definition) is 7. The molecule has 3 aromatic rings. The van der Waals surface area contributed by atoms with Gasteiger partial charge < -0.3 is 18.9 Å². The number of carbonyl (C=O) groups excluding carboxylic acids is 2. The molecule has 46 heavy (non-hydrogen) atoms. The maximum absolute atomic E-state index is 13.6. The van der Waals surface area contributed by atoms with Crippen LogP contribution in [-0.2, 0) is 35.0 Å². The molecule has 2 aromatic carbocycles. The lowest BCUT2D eigenvalue weighted by Gasteiger charge is -2.42. The standard InChI is InChI=1S/C31H31F6N3O6/c1-5-45-29(42)40-18(2)10-24(23-14-26(43-3)27(15-25(23)40)46-17-22-8-6-7-9-38-22)39(28(41)44-4)16-19-11-20(30(32,33)34)13-21(12-19)31(35,36)37/h6-9,11-15,18,24H,5,10,16-17H2,1-4H3/t18-,24+/m0/s1. The minimum Gasteiger partial charge on any atom is -0.493 e. The van der Waals surface area contributed by atoms with Gasteiger partial charge in [0.1, 0.15) is 6.61 Å². The minimum atomic E-state index is -5.09. The van der Waals surface area contributed by atoms with Gasteiger partial charge in [-0.3, -0.25) is 14.8 Å². The Morgan fingerprint density at radius 3 is 2.20 bits per heavy atom. The molecule has 0 aliphatic carbocycles. The molecule has 1 aliphatic rings. The Hall–Kier alpha value is -4.69. The van der Waals surface area contributed by atoms with Crippen LogP contribution in [0, 0.1) is 0 Å². The second-order valence-electron chi connectivity index (χ2n) is 10.4. The minimum absolute atomic E-state index is 0.0124. The van der Waals surface area contributed by atoms with E-state index in [2.05, 4.69) is 4.98 Å². The first-order chi connectivity index (χ1) is 21.7. The highest BCUT2D eigenvalue weighted by atomic mass is 19.4. The fraction of sp³-hybridized carbons (Fsp3) is 0.387. The summed E-state index contributed by atoms with van der Waals surface area (Å²) in [4.78, 5) is 32.9. The lowest BCUT2D eigenvalue weighted by atomic mass is 9.90. The number of carbonyl (C=O) groups is 2. The van der Waals surface area contributed by atoms with Crippen LogP contribution in [0.2, 0.25) is 0 Å². The molecule has 1 aromatic heterocycles. The van der Waals surface area contributed by atoms with Gasteiger partial charge in [-0.15, -0.1) is 0 Å². The van der Waals surface area contributed by atoms with Crippen LogP contribution in [0.15, 0.2) is 54.7 Å². The number of anilines is 1. The van der Waals surface area contributed by atoms with Crippen LogP contribution < -0.4 is 14.4 Å². The van der Waals surface area contributed by atoms with Crippen molar-refractivity contribution in [1.82, 2.24) is 9.88 Å². The number of hydrogen-bond donors (Lipinski definition) is 0. The van der Waals surface area contributed by atoms with Crippen molar-refractivity contribution in [1.29, 1.82) is 0 Å². The van der Waals surface area contributed by atoms with Crippen LogP contribution >= 0.6 is 0 Å². The van der Waals surface area contributed by atoms with Gasteiger partial charge in [-0.05, 0) is 62.2 Å². The number of benzene rings is 2. The zero-order valence-electron chi connectivity index (χ0n) is 25.2. The molecule has 0 bridgehead atoms. The molecule has 2 heterocycles. The Morgan fingerprint density at radius 2 is 1.65 bits per heavy atom. The van der Waals surface area contributed by atoms with Gasteiger partial charge in [0.25, 0.3) is 0 Å². The van der Waals surface area contributed by atoms with Gasteiger partial charge in [-0.2, -0.15) is 26.3 Å². The zero-order chi connectivity index (χ0) is 33.8. The number of nitrogens with zero attached hydrogens (tertiary/aromatic N) is 3. The van der Waals surface area contributed by atoms with Crippen LogP contribution in [0.4, 0.5) is 41.6 Å². The third-order valence-electron chi connectivity index (χ3n) is 7.29. The normalized spacial score (nSPS) is 16.3. The maximum atomic E-state index is 13.6. The lowest BCUT2D eigenvalue weighted by Crippen LogP contribution is -2.47. The molecule has 2 amide bonds. The van der Waals surface area contributed by atoms with Gasteiger partial charge in [0.05, 0.1) is 49.4 Å². The number of rotatable bonds is 8. The molecule has 2 atom stereocenters. The van der Waals surface area contributed by atoms with E-state index >= 15 is 0 Å². The van der Waals surface area contributed by atoms with Crippen molar-refractivity contribution in [2.45, 2.75) is 57.9 Å². The first kappa shape index (κ1) is 34.2. The Labute approximate surface area is 260 Å². The summed E-state index contributed by atoms with van der Waals surface area (Å²) in [6, 6.07) is 7.70. The summed E-state index contributed by atoms with van der Waals surface area (Å²) < 4.78 is 103. The second-order valence-corrected chi connectivity index (χ2v) is 10.4. The van der Waals surface area contributed by atoms with Gasteiger partial charge in [0.2, 0.25) is 0 Å². The van der Waals surface area contributed by atoms with Crippen molar-refractivity contribution in [2.75, 3.05) is 25.7 Å². The van der Waals surface area contributed by atoms with E-state index in [0.29, 0.717) is 23.4 Å². The van der Waals surface area contributed by atoms with Crippen LogP contribution in [0.25, 0.3) is 0 Å². The Balaban J connectivity index is 1.84. The summed E-state index contributed by atoms with van der Waals surface area (Å²) in [5.41, 5.74) is -2.37. The third-order valence-corrected chi connectivity index (χ3v) is 7.29. The van der Waals surface area contributed by atoms with Gasteiger partial charge in [-0.25, -0.2) is 9.59 Å². The van der Waals surface area contributed by atoms with Crippen molar-refractivity contribution < 1.29 is 54.9 Å². The first-order valence-corrected chi connectivity index (χ1v) is 14.0. The Morgan fingerprint density at radius 1 is 0.978 bits per heavy atom. The molecular weight excluding hydrogens is 624 g/mol. The Bertz CT molecular complexity index is 1520. The fourth-order valence-corrected chi connectivity index (χ4v) is 5.23. The molecule has 248 valence electrons. The average Bonchev–Trinajstić information content (AvgIpc) is 3.01. The zero-order valence-corrected chi connectivity index (χ0v) is 25.2. The van der Waals surface area contributed by atoms with Gasteiger partial charge in [0, 0.05) is 30.4 Å². The lowest BCUT2D eigenvalue weighted by molar-refractivity contribution is -0.143. The number of alkyl halides is 6. The summed E-state index contributed by atoms with van der Waals surface area (Å²) in [5, 5.41) is 0. The third kappa shape index (κ3) is 7.57. The molecule has 0 N–H and O–H groups in total. The molecule has 0 saturated heterocycles. The van der Waals surface area contributed by atoms with Crippen molar-refractivity contribution in [2.24, 2.45) is 0 Å². The topological polar surface area (TPSA) is 90.4 Å². The number of fused-ring (bicyclic) bond motifs is 1. The Kier molecular flexibility index (Phi) is 10.2. The second kappa shape index (κ2) is 13.7. The number of halogens is 6. The van der Waals surface area contributed by atoms with E-state index in [0.717, 1.165) is 12.0 Å². The maximum Gasteiger partial charge on any atom is 0.416 e. The molecule has 15 heteroatoms. The molecular formula is C31H31F6N3O6. The first-order valence-electron chi connectivity index (χ1n) is 14.0. The quantitative estimate of drug-likeness (QED) is 0.229. The van der Waals surface area contributed by atoms with E-state index in [1.807, 2.05) is 0 Å². The highest BCUT2D eigenvalue weighted by molar-refractivity contribution is 5.91. The highest BCUT2D eigenvalue weighted by Gasteiger charge is 2.42. The predicted octanol–water partition coefficient (Wildman–Crippen LogP) is 7.77. The molecule has 0 spiro atoms. The van der Waals surface area contributed by atoms with Gasteiger partial charge in [-0.1, -0.05) is 6.07 Å². The number of aromatic nitrogens is 1. The van der Waals surface area contributed by atoms with Gasteiger partial charge >= 0.3 is 24.5 Å². The number of amides is 2. The van der Waals surface area contributed by atoms with Crippen LogP contribution in [0.3, 0.4) is 0 Å². The SMILES string of the molecule is CCOC(=O)N1c2cc(OCc3ccccn3)c(OC)cc2[C@H](N(Cc2cc(C(F)(F)F)cc(C(F)(F)F)c2)C(=O)OC)C[C@@H]1C. The summed E-state index contributed by atoms with van der Waals surface area (Å²) in [5.74, 6) is 0.382. The summed E-state index contributed by atoms with van der Waals surface area (Å²) in [6.07, 6.45) is -10.3. The van der Waals surface area contributed by atoms with Gasteiger partial charge in [0.15, 0.2) is 11.5 Å².